The molecule has 2 aromatic heterocycles. The van der Waals surface area contributed by atoms with E-state index in [2.05, 4.69) is 33.6 Å². The Morgan fingerprint density at radius 1 is 1.09 bits per heavy atom. The third kappa shape index (κ3) is 5.03. The predicted molar refractivity (Wildman–Crippen MR) is 126 cm³/mol. The summed E-state index contributed by atoms with van der Waals surface area (Å²) in [5.41, 5.74) is 3.62. The molecule has 2 heterocycles. The highest BCUT2D eigenvalue weighted by molar-refractivity contribution is 5.93. The number of nitrogens with one attached hydrogen (secondary N) is 1. The number of carbonyl (C=O) groups is 1. The van der Waals surface area contributed by atoms with Crippen molar-refractivity contribution in [1.82, 2.24) is 19.9 Å². The highest BCUT2D eigenvalue weighted by Gasteiger charge is 2.12. The van der Waals surface area contributed by atoms with E-state index in [0.717, 1.165) is 47.6 Å². The molecule has 32 heavy (non-hydrogen) atoms. The lowest BCUT2D eigenvalue weighted by atomic mass is 10.1. The number of rotatable bonds is 10. The van der Waals surface area contributed by atoms with Crippen molar-refractivity contribution in [3.63, 3.8) is 0 Å². The number of aryl methyl sites for hydroxylation is 1. The Hall–Kier alpha value is -3.93. The van der Waals surface area contributed by atoms with Gasteiger partial charge in [0.25, 0.3) is 5.91 Å². The van der Waals surface area contributed by atoms with E-state index < -0.39 is 0 Å². The molecule has 4 rings (SSSR count). The molecule has 4 aromatic rings. The summed E-state index contributed by atoms with van der Waals surface area (Å²) in [7, 11) is 0. The van der Waals surface area contributed by atoms with Crippen LogP contribution in [0.5, 0.6) is 5.75 Å². The first-order valence-corrected chi connectivity index (χ1v) is 10.7. The van der Waals surface area contributed by atoms with Crippen LogP contribution in [-0.4, -0.2) is 27.0 Å². The molecule has 0 aliphatic heterocycles. The lowest BCUT2D eigenvalue weighted by Crippen LogP contribution is -2.25. The maximum absolute atomic E-state index is 12.4. The van der Waals surface area contributed by atoms with Crippen molar-refractivity contribution in [2.45, 2.75) is 25.9 Å². The lowest BCUT2D eigenvalue weighted by Gasteiger charge is -2.13. The Labute approximate surface area is 187 Å². The molecular weight excluding hydrogens is 400 g/mol. The number of aromatic nitrogens is 3. The van der Waals surface area contributed by atoms with Crippen molar-refractivity contribution in [2.75, 3.05) is 6.61 Å². The van der Waals surface area contributed by atoms with Crippen LogP contribution in [0.4, 0.5) is 0 Å². The highest BCUT2D eigenvalue weighted by Crippen LogP contribution is 2.20. The summed E-state index contributed by atoms with van der Waals surface area (Å²) in [6.07, 6.45) is 6.68. The van der Waals surface area contributed by atoms with Crippen molar-refractivity contribution in [2.24, 2.45) is 0 Å². The van der Waals surface area contributed by atoms with Crippen molar-refractivity contribution < 1.29 is 9.53 Å². The Balaban J connectivity index is 1.42. The minimum Gasteiger partial charge on any atom is -0.493 e. The van der Waals surface area contributed by atoms with Gasteiger partial charge in [-0.1, -0.05) is 36.4 Å². The smallest absolute Gasteiger partial charge is 0.253 e. The first-order valence-electron chi connectivity index (χ1n) is 10.7. The van der Waals surface area contributed by atoms with Gasteiger partial charge in [-0.3, -0.25) is 9.78 Å². The molecule has 0 bridgehead atoms. The monoisotopic (exact) mass is 426 g/mol. The summed E-state index contributed by atoms with van der Waals surface area (Å²) < 4.78 is 8.19. The van der Waals surface area contributed by atoms with Crippen LogP contribution in [0.15, 0.2) is 85.7 Å². The number of pyridine rings is 1. The zero-order valence-electron chi connectivity index (χ0n) is 17.9. The van der Waals surface area contributed by atoms with Gasteiger partial charge in [-0.05, 0) is 48.7 Å². The molecule has 162 valence electrons. The number of hydrogen-bond acceptors (Lipinski definition) is 4. The summed E-state index contributed by atoms with van der Waals surface area (Å²) in [6.45, 7) is 5.48. The summed E-state index contributed by atoms with van der Waals surface area (Å²) in [6, 6.07) is 19.5. The molecular formula is C26H26N4O2. The molecule has 0 unspecified atom stereocenters. The van der Waals surface area contributed by atoms with Gasteiger partial charge < -0.3 is 14.6 Å². The van der Waals surface area contributed by atoms with Crippen LogP contribution in [0, 0.1) is 0 Å². The minimum absolute atomic E-state index is 0.168. The van der Waals surface area contributed by atoms with Crippen molar-refractivity contribution >= 4 is 16.9 Å². The van der Waals surface area contributed by atoms with Gasteiger partial charge in [0.05, 0.1) is 29.7 Å². The minimum atomic E-state index is -0.168. The third-order valence-electron chi connectivity index (χ3n) is 5.18. The standard InChI is InChI=1S/C26H26N4O2/c1-2-9-20-10-3-6-14-24(20)32-17-8-16-30-23-13-5-4-12-22(23)29-25(30)19-28-26(31)21-11-7-15-27-18-21/h2-7,10-15,18H,1,8-9,16-17,19H2,(H,28,31). The highest BCUT2D eigenvalue weighted by atomic mass is 16.5. The van der Waals surface area contributed by atoms with E-state index in [-0.39, 0.29) is 5.91 Å². The van der Waals surface area contributed by atoms with Gasteiger partial charge in [-0.25, -0.2) is 4.98 Å². The fourth-order valence-electron chi connectivity index (χ4n) is 3.64. The predicted octanol–water partition coefficient (Wildman–Crippen LogP) is 4.56. The Morgan fingerprint density at radius 2 is 1.94 bits per heavy atom. The molecule has 0 saturated carbocycles. The quantitative estimate of drug-likeness (QED) is 0.298. The molecule has 0 fully saturated rings. The second-order valence-corrected chi connectivity index (χ2v) is 7.40. The fraction of sp³-hybridized carbons (Fsp3) is 0.192. The van der Waals surface area contributed by atoms with E-state index >= 15 is 0 Å². The number of amides is 1. The molecule has 0 atom stereocenters. The average molecular weight is 427 g/mol. The van der Waals surface area contributed by atoms with E-state index in [4.69, 9.17) is 9.72 Å². The summed E-state index contributed by atoms with van der Waals surface area (Å²) in [5.74, 6) is 1.54. The van der Waals surface area contributed by atoms with E-state index in [9.17, 15) is 4.79 Å². The van der Waals surface area contributed by atoms with E-state index in [1.165, 1.54) is 0 Å². The molecule has 2 aromatic carbocycles. The number of hydrogen-bond donors (Lipinski definition) is 1. The van der Waals surface area contributed by atoms with Gasteiger partial charge in [-0.15, -0.1) is 6.58 Å². The van der Waals surface area contributed by atoms with Gasteiger partial charge in [-0.2, -0.15) is 0 Å². The summed E-state index contributed by atoms with van der Waals surface area (Å²) in [4.78, 5) is 21.2. The Morgan fingerprint density at radius 3 is 2.78 bits per heavy atom. The van der Waals surface area contributed by atoms with Crippen LogP contribution < -0.4 is 10.1 Å². The number of allylic oxidation sites excluding steroid dienone is 1. The largest absolute Gasteiger partial charge is 0.493 e. The number of para-hydroxylation sites is 3. The van der Waals surface area contributed by atoms with Crippen LogP contribution >= 0.6 is 0 Å². The maximum Gasteiger partial charge on any atom is 0.253 e. The first kappa shape index (κ1) is 21.3. The third-order valence-corrected chi connectivity index (χ3v) is 5.18. The van der Waals surface area contributed by atoms with Crippen LogP contribution in [-0.2, 0) is 19.5 Å². The normalized spacial score (nSPS) is 10.8. The molecule has 0 spiro atoms. The van der Waals surface area contributed by atoms with Gasteiger partial charge in [0.1, 0.15) is 11.6 Å². The second-order valence-electron chi connectivity index (χ2n) is 7.40. The number of benzene rings is 2. The second kappa shape index (κ2) is 10.4. The number of imidazole rings is 1. The van der Waals surface area contributed by atoms with Crippen LogP contribution in [0.3, 0.4) is 0 Å². The topological polar surface area (TPSA) is 69.0 Å². The van der Waals surface area contributed by atoms with Crippen LogP contribution in [0.2, 0.25) is 0 Å². The van der Waals surface area contributed by atoms with E-state index in [1.807, 2.05) is 42.5 Å². The lowest BCUT2D eigenvalue weighted by molar-refractivity contribution is 0.0949. The van der Waals surface area contributed by atoms with E-state index in [1.54, 1.807) is 24.5 Å². The molecule has 1 amide bonds. The average Bonchev–Trinajstić information content (AvgIpc) is 3.19. The Kier molecular flexibility index (Phi) is 6.92. The van der Waals surface area contributed by atoms with Crippen LogP contribution in [0.1, 0.15) is 28.2 Å². The fourth-order valence-corrected chi connectivity index (χ4v) is 3.64. The zero-order valence-corrected chi connectivity index (χ0v) is 17.9. The van der Waals surface area contributed by atoms with Crippen molar-refractivity contribution in [3.05, 3.63) is 103 Å². The molecule has 0 aliphatic rings. The maximum atomic E-state index is 12.4. The molecule has 0 aliphatic carbocycles. The molecule has 6 heteroatoms. The van der Waals surface area contributed by atoms with Gasteiger partial charge in [0, 0.05) is 18.9 Å². The number of nitrogens with zero attached hydrogens (tertiary/aromatic N) is 3. The number of carbonyl (C=O) groups excluding carboxylic acids is 1. The summed E-state index contributed by atoms with van der Waals surface area (Å²) in [5, 5.41) is 2.95. The van der Waals surface area contributed by atoms with Gasteiger partial charge in [0.2, 0.25) is 0 Å². The van der Waals surface area contributed by atoms with Crippen LogP contribution in [0.25, 0.3) is 11.0 Å². The molecule has 6 nitrogen and oxygen atoms in total. The first-order chi connectivity index (χ1) is 15.8. The zero-order chi connectivity index (χ0) is 22.2. The van der Waals surface area contributed by atoms with Gasteiger partial charge >= 0.3 is 0 Å². The number of ether oxygens (including phenoxy) is 1. The molecule has 0 saturated heterocycles. The molecule has 1 N–H and O–H groups in total. The molecule has 0 radical (unpaired) electrons. The number of fused-ring (bicyclic) bond motifs is 1. The van der Waals surface area contributed by atoms with E-state index in [0.29, 0.717) is 18.7 Å². The SMILES string of the molecule is C=CCc1ccccc1OCCCn1c(CNC(=O)c2cccnc2)nc2ccccc21. The Bertz CT molecular complexity index is 1200. The van der Waals surface area contributed by atoms with Crippen molar-refractivity contribution in [3.8, 4) is 5.75 Å². The van der Waals surface area contributed by atoms with Gasteiger partial charge in [0.15, 0.2) is 0 Å². The van der Waals surface area contributed by atoms with Crippen molar-refractivity contribution in [1.29, 1.82) is 0 Å². The summed E-state index contributed by atoms with van der Waals surface area (Å²) >= 11 is 0.